The van der Waals surface area contributed by atoms with Crippen LogP contribution in [-0.2, 0) is 16.0 Å². The fraction of sp³-hybridized carbons (Fsp3) is 0.200. The molecule has 0 aromatic heterocycles. The van der Waals surface area contributed by atoms with E-state index in [0.717, 1.165) is 0 Å². The van der Waals surface area contributed by atoms with Gasteiger partial charge < -0.3 is 10.5 Å². The van der Waals surface area contributed by atoms with Gasteiger partial charge in [0, 0.05) is 5.69 Å². The van der Waals surface area contributed by atoms with Gasteiger partial charge in [-0.15, -0.1) is 0 Å². The lowest BCUT2D eigenvalue weighted by Gasteiger charge is -2.04. The van der Waals surface area contributed by atoms with E-state index < -0.39 is 0 Å². The molecular weight excluding hydrogens is 180 g/mol. The molecule has 0 bridgehead atoms. The van der Waals surface area contributed by atoms with Gasteiger partial charge in [0.15, 0.2) is 0 Å². The van der Waals surface area contributed by atoms with Gasteiger partial charge in [-0.05, 0) is 11.6 Å². The fourth-order valence-electron chi connectivity index (χ4n) is 1.13. The number of esters is 1. The average molecular weight is 190 g/mol. The summed E-state index contributed by atoms with van der Waals surface area (Å²) in [6.45, 7) is 0. The molecule has 0 unspecified atom stereocenters. The van der Waals surface area contributed by atoms with Gasteiger partial charge in [-0.1, -0.05) is 12.1 Å². The Hall–Kier alpha value is -2.02. The standard InChI is InChI=1S/C10H10N2O2/c1-14-10(13)5-7-3-2-4-9(12)8(7)6-11/h2-4H,5,12H2,1H3. The lowest BCUT2D eigenvalue weighted by atomic mass is 10.0. The number of nitrogens with zero attached hydrogens (tertiary/aromatic N) is 1. The lowest BCUT2D eigenvalue weighted by Crippen LogP contribution is -2.07. The molecule has 0 aliphatic rings. The van der Waals surface area contributed by atoms with E-state index in [1.165, 1.54) is 7.11 Å². The largest absolute Gasteiger partial charge is 0.469 e. The van der Waals surface area contributed by atoms with Crippen LogP contribution in [0.2, 0.25) is 0 Å². The van der Waals surface area contributed by atoms with Crippen LogP contribution < -0.4 is 5.73 Å². The van der Waals surface area contributed by atoms with Crippen LogP contribution in [-0.4, -0.2) is 13.1 Å². The van der Waals surface area contributed by atoms with E-state index in [-0.39, 0.29) is 12.4 Å². The smallest absolute Gasteiger partial charge is 0.310 e. The van der Waals surface area contributed by atoms with Crippen molar-refractivity contribution >= 4 is 11.7 Å². The molecular formula is C10H10N2O2. The minimum absolute atomic E-state index is 0.0738. The van der Waals surface area contributed by atoms with Crippen LogP contribution in [0.1, 0.15) is 11.1 Å². The second kappa shape index (κ2) is 4.28. The lowest BCUT2D eigenvalue weighted by molar-refractivity contribution is -0.139. The molecule has 72 valence electrons. The summed E-state index contributed by atoms with van der Waals surface area (Å²) >= 11 is 0. The van der Waals surface area contributed by atoms with E-state index in [2.05, 4.69) is 4.74 Å². The molecule has 0 saturated carbocycles. The summed E-state index contributed by atoms with van der Waals surface area (Å²) in [6.07, 6.45) is 0.0738. The molecule has 4 heteroatoms. The molecule has 4 nitrogen and oxygen atoms in total. The SMILES string of the molecule is COC(=O)Cc1cccc(N)c1C#N. The van der Waals surface area contributed by atoms with Crippen molar-refractivity contribution in [2.75, 3.05) is 12.8 Å². The number of anilines is 1. The van der Waals surface area contributed by atoms with E-state index in [9.17, 15) is 4.79 Å². The van der Waals surface area contributed by atoms with E-state index >= 15 is 0 Å². The van der Waals surface area contributed by atoms with Crippen LogP contribution in [0.5, 0.6) is 0 Å². The third-order valence-corrected chi connectivity index (χ3v) is 1.86. The van der Waals surface area contributed by atoms with Gasteiger partial charge in [0.05, 0.1) is 19.1 Å². The Kier molecular flexibility index (Phi) is 3.08. The van der Waals surface area contributed by atoms with Crippen molar-refractivity contribution in [1.29, 1.82) is 5.26 Å². The third kappa shape index (κ3) is 2.02. The molecule has 2 N–H and O–H groups in total. The maximum atomic E-state index is 11.0. The summed E-state index contributed by atoms with van der Waals surface area (Å²) < 4.78 is 4.50. The Morgan fingerprint density at radius 1 is 1.64 bits per heavy atom. The molecule has 1 rings (SSSR count). The number of nitrogens with two attached hydrogens (primary N) is 1. The third-order valence-electron chi connectivity index (χ3n) is 1.86. The monoisotopic (exact) mass is 190 g/mol. The van der Waals surface area contributed by atoms with Gasteiger partial charge in [0.25, 0.3) is 0 Å². The first-order valence-electron chi connectivity index (χ1n) is 4.03. The molecule has 0 heterocycles. The zero-order chi connectivity index (χ0) is 10.6. The van der Waals surface area contributed by atoms with Gasteiger partial charge in [-0.3, -0.25) is 4.79 Å². The minimum Gasteiger partial charge on any atom is -0.469 e. The first kappa shape index (κ1) is 10.1. The van der Waals surface area contributed by atoms with Crippen LogP contribution >= 0.6 is 0 Å². The number of nitriles is 1. The minimum atomic E-state index is -0.382. The number of benzene rings is 1. The van der Waals surface area contributed by atoms with Crippen LogP contribution in [0.4, 0.5) is 5.69 Å². The van der Waals surface area contributed by atoms with E-state index in [1.807, 2.05) is 6.07 Å². The predicted molar refractivity (Wildman–Crippen MR) is 51.3 cm³/mol. The summed E-state index contributed by atoms with van der Waals surface area (Å²) in [7, 11) is 1.31. The molecule has 1 aromatic carbocycles. The van der Waals surface area contributed by atoms with Gasteiger partial charge >= 0.3 is 5.97 Å². The number of carbonyl (C=O) groups excluding carboxylic acids is 1. The molecule has 0 fully saturated rings. The van der Waals surface area contributed by atoms with Crippen molar-refractivity contribution in [1.82, 2.24) is 0 Å². The summed E-state index contributed by atoms with van der Waals surface area (Å²) in [4.78, 5) is 11.0. The Labute approximate surface area is 81.9 Å². The molecule has 0 amide bonds. The molecule has 0 spiro atoms. The van der Waals surface area contributed by atoms with Crippen molar-refractivity contribution in [2.24, 2.45) is 0 Å². The van der Waals surface area contributed by atoms with Crippen molar-refractivity contribution in [3.05, 3.63) is 29.3 Å². The van der Waals surface area contributed by atoms with E-state index in [4.69, 9.17) is 11.0 Å². The maximum Gasteiger partial charge on any atom is 0.310 e. The first-order valence-corrected chi connectivity index (χ1v) is 4.03. The maximum absolute atomic E-state index is 11.0. The highest BCUT2D eigenvalue weighted by atomic mass is 16.5. The van der Waals surface area contributed by atoms with E-state index in [0.29, 0.717) is 16.8 Å². The van der Waals surface area contributed by atoms with E-state index in [1.54, 1.807) is 18.2 Å². The topological polar surface area (TPSA) is 76.1 Å². The summed E-state index contributed by atoms with van der Waals surface area (Å²) in [5.74, 6) is -0.382. The highest BCUT2D eigenvalue weighted by Crippen LogP contribution is 2.16. The second-order valence-electron chi connectivity index (χ2n) is 2.75. The molecule has 0 atom stereocenters. The fourth-order valence-corrected chi connectivity index (χ4v) is 1.13. The normalized spacial score (nSPS) is 9.14. The zero-order valence-electron chi connectivity index (χ0n) is 7.78. The number of rotatable bonds is 2. The predicted octanol–water partition coefficient (Wildman–Crippen LogP) is 0.856. The number of nitrogen functional groups attached to an aromatic ring is 1. The van der Waals surface area contributed by atoms with Crippen molar-refractivity contribution in [2.45, 2.75) is 6.42 Å². The molecule has 14 heavy (non-hydrogen) atoms. The highest BCUT2D eigenvalue weighted by molar-refractivity contribution is 5.74. The molecule has 0 aliphatic carbocycles. The Morgan fingerprint density at radius 3 is 2.93 bits per heavy atom. The van der Waals surface area contributed by atoms with Gasteiger partial charge in [-0.25, -0.2) is 0 Å². The van der Waals surface area contributed by atoms with Crippen molar-refractivity contribution in [3.8, 4) is 6.07 Å². The second-order valence-corrected chi connectivity index (χ2v) is 2.75. The number of methoxy groups -OCH3 is 1. The van der Waals surface area contributed by atoms with Gasteiger partial charge in [-0.2, -0.15) is 5.26 Å². The Balaban J connectivity index is 3.04. The van der Waals surface area contributed by atoms with Crippen LogP contribution in [0, 0.1) is 11.3 Å². The quantitative estimate of drug-likeness (QED) is 0.554. The van der Waals surface area contributed by atoms with Gasteiger partial charge in [0.2, 0.25) is 0 Å². The van der Waals surface area contributed by atoms with Crippen LogP contribution in [0.3, 0.4) is 0 Å². The van der Waals surface area contributed by atoms with Crippen molar-refractivity contribution in [3.63, 3.8) is 0 Å². The van der Waals surface area contributed by atoms with Crippen LogP contribution in [0.25, 0.3) is 0 Å². The molecule has 0 saturated heterocycles. The number of hydrogen-bond acceptors (Lipinski definition) is 4. The summed E-state index contributed by atoms with van der Waals surface area (Å²) in [5, 5.41) is 8.80. The highest BCUT2D eigenvalue weighted by Gasteiger charge is 2.09. The molecule has 0 aliphatic heterocycles. The first-order chi connectivity index (χ1) is 6.69. The summed E-state index contributed by atoms with van der Waals surface area (Å²) in [6, 6.07) is 6.97. The number of ether oxygens (including phenoxy) is 1. The molecule has 0 radical (unpaired) electrons. The van der Waals surface area contributed by atoms with Crippen LogP contribution in [0.15, 0.2) is 18.2 Å². The molecule has 1 aromatic rings. The zero-order valence-corrected chi connectivity index (χ0v) is 7.78. The van der Waals surface area contributed by atoms with Crippen molar-refractivity contribution < 1.29 is 9.53 Å². The Morgan fingerprint density at radius 2 is 2.36 bits per heavy atom. The number of hydrogen-bond donors (Lipinski definition) is 1. The average Bonchev–Trinajstić information content (AvgIpc) is 2.18. The number of carbonyl (C=O) groups is 1. The van der Waals surface area contributed by atoms with Gasteiger partial charge in [0.1, 0.15) is 6.07 Å². The Bertz CT molecular complexity index is 394. The summed E-state index contributed by atoms with van der Waals surface area (Å²) in [5.41, 5.74) is 6.90.